The fourth-order valence-electron chi connectivity index (χ4n) is 2.17. The van der Waals surface area contributed by atoms with Gasteiger partial charge in [0.2, 0.25) is 0 Å². The smallest absolute Gasteiger partial charge is 0.251 e. The van der Waals surface area contributed by atoms with Crippen molar-refractivity contribution >= 4 is 11.8 Å². The summed E-state index contributed by atoms with van der Waals surface area (Å²) in [6.45, 7) is 3.02. The van der Waals surface area contributed by atoms with Gasteiger partial charge in [-0.1, -0.05) is 25.1 Å². The molecule has 0 aliphatic heterocycles. The maximum Gasteiger partial charge on any atom is 0.251 e. The van der Waals surface area contributed by atoms with E-state index in [1.807, 2.05) is 31.2 Å². The summed E-state index contributed by atoms with van der Waals surface area (Å²) in [5.41, 5.74) is 1.93. The van der Waals surface area contributed by atoms with E-state index in [1.54, 1.807) is 31.4 Å². The molecule has 0 saturated carbocycles. The molecule has 0 aliphatic carbocycles. The normalized spacial score (nSPS) is 10.1. The number of carbonyl (C=O) groups is 2. The average Bonchev–Trinajstić information content (AvgIpc) is 2.64. The van der Waals surface area contributed by atoms with E-state index in [9.17, 15) is 9.59 Å². The number of hydrogen-bond donors (Lipinski definition) is 2. The fraction of sp³-hybridized carbons (Fsp3) is 0.263. The van der Waals surface area contributed by atoms with E-state index in [1.165, 1.54) is 0 Å². The summed E-state index contributed by atoms with van der Waals surface area (Å²) in [4.78, 5) is 24.2. The van der Waals surface area contributed by atoms with Gasteiger partial charge < -0.3 is 15.4 Å². The van der Waals surface area contributed by atoms with Crippen LogP contribution in [0.1, 0.15) is 39.6 Å². The maximum atomic E-state index is 12.3. The Labute approximate surface area is 142 Å². The van der Waals surface area contributed by atoms with Gasteiger partial charge in [-0.15, -0.1) is 0 Å². The molecule has 5 heteroatoms. The molecule has 0 fully saturated rings. The molecule has 0 aromatic heterocycles. The molecule has 0 saturated heterocycles. The topological polar surface area (TPSA) is 67.4 Å². The van der Waals surface area contributed by atoms with Crippen molar-refractivity contribution in [3.05, 3.63) is 65.2 Å². The Bertz CT molecular complexity index is 696. The molecule has 0 aliphatic rings. The molecular weight excluding hydrogens is 304 g/mol. The van der Waals surface area contributed by atoms with E-state index >= 15 is 0 Å². The number of carbonyl (C=O) groups excluding carboxylic acids is 2. The van der Waals surface area contributed by atoms with E-state index < -0.39 is 0 Å². The summed E-state index contributed by atoms with van der Waals surface area (Å²) in [6.07, 6.45) is 0.869. The first-order valence-electron chi connectivity index (χ1n) is 7.93. The fourth-order valence-corrected chi connectivity index (χ4v) is 2.17. The molecule has 0 heterocycles. The molecule has 0 spiro atoms. The standard InChI is InChI=1S/C19H22N2O3/c1-3-11-20-18(22)15-5-4-6-16(12-15)19(23)21-13-14-7-9-17(24-2)10-8-14/h4-10,12H,3,11,13H2,1-2H3,(H,20,22)(H,21,23). The molecule has 2 aromatic rings. The zero-order chi connectivity index (χ0) is 17.4. The van der Waals surface area contributed by atoms with Crippen molar-refractivity contribution in [2.24, 2.45) is 0 Å². The first-order chi connectivity index (χ1) is 11.6. The highest BCUT2D eigenvalue weighted by atomic mass is 16.5. The first kappa shape index (κ1) is 17.5. The summed E-state index contributed by atoms with van der Waals surface area (Å²) < 4.78 is 5.10. The van der Waals surface area contributed by atoms with Crippen LogP contribution in [0.25, 0.3) is 0 Å². The molecule has 2 N–H and O–H groups in total. The summed E-state index contributed by atoms with van der Waals surface area (Å²) in [7, 11) is 1.61. The van der Waals surface area contributed by atoms with E-state index in [-0.39, 0.29) is 11.8 Å². The maximum absolute atomic E-state index is 12.3. The number of ether oxygens (including phenoxy) is 1. The minimum atomic E-state index is -0.212. The molecule has 2 amide bonds. The number of nitrogens with one attached hydrogen (secondary N) is 2. The lowest BCUT2D eigenvalue weighted by atomic mass is 10.1. The third-order valence-corrected chi connectivity index (χ3v) is 3.53. The molecular formula is C19H22N2O3. The Morgan fingerprint density at radius 2 is 1.58 bits per heavy atom. The van der Waals surface area contributed by atoms with Crippen LogP contribution in [0.15, 0.2) is 48.5 Å². The highest BCUT2D eigenvalue weighted by Crippen LogP contribution is 2.11. The summed E-state index contributed by atoms with van der Waals surface area (Å²) in [5, 5.41) is 5.65. The van der Waals surface area contributed by atoms with E-state index in [4.69, 9.17) is 4.74 Å². The molecule has 0 atom stereocenters. The molecule has 126 valence electrons. The Kier molecular flexibility index (Phi) is 6.37. The Morgan fingerprint density at radius 3 is 2.17 bits per heavy atom. The van der Waals surface area contributed by atoms with E-state index in [2.05, 4.69) is 10.6 Å². The molecule has 2 aromatic carbocycles. The number of benzene rings is 2. The Morgan fingerprint density at radius 1 is 0.958 bits per heavy atom. The van der Waals surface area contributed by atoms with Gasteiger partial charge in [-0.2, -0.15) is 0 Å². The van der Waals surface area contributed by atoms with Crippen molar-refractivity contribution in [3.63, 3.8) is 0 Å². The second kappa shape index (κ2) is 8.72. The minimum absolute atomic E-state index is 0.165. The van der Waals surface area contributed by atoms with Crippen LogP contribution in [0.4, 0.5) is 0 Å². The summed E-state index contributed by atoms with van der Waals surface area (Å²) in [6, 6.07) is 14.2. The molecule has 0 radical (unpaired) electrons. The second-order valence-electron chi connectivity index (χ2n) is 5.37. The van der Waals surface area contributed by atoms with Crippen molar-refractivity contribution in [2.45, 2.75) is 19.9 Å². The Balaban J connectivity index is 1.97. The van der Waals surface area contributed by atoms with E-state index in [0.29, 0.717) is 24.2 Å². The van der Waals surface area contributed by atoms with Crippen molar-refractivity contribution in [1.29, 1.82) is 0 Å². The van der Waals surface area contributed by atoms with Crippen LogP contribution in [0.3, 0.4) is 0 Å². The predicted octanol–water partition coefficient (Wildman–Crippen LogP) is 2.77. The average molecular weight is 326 g/mol. The van der Waals surface area contributed by atoms with E-state index in [0.717, 1.165) is 17.7 Å². The SMILES string of the molecule is CCCNC(=O)c1cccc(C(=O)NCc2ccc(OC)cc2)c1. The molecule has 0 unspecified atom stereocenters. The van der Waals surface area contributed by atoms with Crippen LogP contribution >= 0.6 is 0 Å². The zero-order valence-electron chi connectivity index (χ0n) is 14.0. The van der Waals surface area contributed by atoms with Gasteiger partial charge in [0.05, 0.1) is 7.11 Å². The van der Waals surface area contributed by atoms with Crippen LogP contribution < -0.4 is 15.4 Å². The largest absolute Gasteiger partial charge is 0.497 e. The van der Waals surface area contributed by atoms with Crippen molar-refractivity contribution in [3.8, 4) is 5.75 Å². The van der Waals surface area contributed by atoms with Gasteiger partial charge in [0, 0.05) is 24.2 Å². The minimum Gasteiger partial charge on any atom is -0.497 e. The summed E-state index contributed by atoms with van der Waals surface area (Å²) in [5.74, 6) is 0.397. The van der Waals surface area contributed by atoms with Gasteiger partial charge in [0.1, 0.15) is 5.75 Å². The van der Waals surface area contributed by atoms with Gasteiger partial charge in [-0.3, -0.25) is 9.59 Å². The number of hydrogen-bond acceptors (Lipinski definition) is 3. The number of methoxy groups -OCH3 is 1. The third kappa shape index (κ3) is 4.84. The quantitative estimate of drug-likeness (QED) is 0.822. The summed E-state index contributed by atoms with van der Waals surface area (Å²) >= 11 is 0. The molecule has 24 heavy (non-hydrogen) atoms. The van der Waals surface area contributed by atoms with Crippen LogP contribution in [0.2, 0.25) is 0 Å². The predicted molar refractivity (Wildman–Crippen MR) is 93.2 cm³/mol. The van der Waals surface area contributed by atoms with Gasteiger partial charge in [0.25, 0.3) is 11.8 Å². The van der Waals surface area contributed by atoms with Gasteiger partial charge in [0.15, 0.2) is 0 Å². The van der Waals surface area contributed by atoms with Gasteiger partial charge in [-0.25, -0.2) is 0 Å². The lowest BCUT2D eigenvalue weighted by Gasteiger charge is -2.08. The number of rotatable bonds is 7. The van der Waals surface area contributed by atoms with Crippen LogP contribution in [-0.2, 0) is 6.54 Å². The van der Waals surface area contributed by atoms with Crippen LogP contribution in [-0.4, -0.2) is 25.5 Å². The van der Waals surface area contributed by atoms with Crippen LogP contribution in [0.5, 0.6) is 5.75 Å². The van der Waals surface area contributed by atoms with Gasteiger partial charge >= 0.3 is 0 Å². The van der Waals surface area contributed by atoms with Gasteiger partial charge in [-0.05, 0) is 42.3 Å². The second-order valence-corrected chi connectivity index (χ2v) is 5.37. The Hall–Kier alpha value is -2.82. The molecule has 0 bridgehead atoms. The van der Waals surface area contributed by atoms with Crippen molar-refractivity contribution in [1.82, 2.24) is 10.6 Å². The highest BCUT2D eigenvalue weighted by Gasteiger charge is 2.10. The zero-order valence-corrected chi connectivity index (χ0v) is 14.0. The first-order valence-corrected chi connectivity index (χ1v) is 7.93. The highest BCUT2D eigenvalue weighted by molar-refractivity contribution is 5.99. The monoisotopic (exact) mass is 326 g/mol. The van der Waals surface area contributed by atoms with Crippen molar-refractivity contribution in [2.75, 3.05) is 13.7 Å². The lowest BCUT2D eigenvalue weighted by Crippen LogP contribution is -2.26. The molecule has 5 nitrogen and oxygen atoms in total. The van der Waals surface area contributed by atoms with Crippen molar-refractivity contribution < 1.29 is 14.3 Å². The number of amides is 2. The lowest BCUT2D eigenvalue weighted by molar-refractivity contribution is 0.0950. The third-order valence-electron chi connectivity index (χ3n) is 3.53. The van der Waals surface area contributed by atoms with Crippen LogP contribution in [0, 0.1) is 0 Å². The molecule has 2 rings (SSSR count).